The summed E-state index contributed by atoms with van der Waals surface area (Å²) in [6, 6.07) is 5.79. The molecular formula is C13H17N3O3S. The third-order valence-corrected chi connectivity index (χ3v) is 3.51. The van der Waals surface area contributed by atoms with Gasteiger partial charge in [-0.1, -0.05) is 17.8 Å². The third-order valence-electron chi connectivity index (χ3n) is 2.62. The van der Waals surface area contributed by atoms with Crippen molar-refractivity contribution >= 4 is 11.8 Å². The van der Waals surface area contributed by atoms with Gasteiger partial charge < -0.3 is 19.6 Å². The van der Waals surface area contributed by atoms with Gasteiger partial charge in [-0.2, -0.15) is 0 Å². The Labute approximate surface area is 121 Å². The number of methoxy groups -OCH3 is 2. The van der Waals surface area contributed by atoms with Crippen LogP contribution in [0, 0.1) is 0 Å². The highest BCUT2D eigenvalue weighted by Crippen LogP contribution is 2.30. The number of rotatable bonds is 7. The molecule has 0 radical (unpaired) electrons. The number of hydrogen-bond donors (Lipinski definition) is 1. The van der Waals surface area contributed by atoms with Crippen LogP contribution >= 0.6 is 11.8 Å². The van der Waals surface area contributed by atoms with E-state index >= 15 is 0 Å². The van der Waals surface area contributed by atoms with Crippen molar-refractivity contribution in [3.05, 3.63) is 29.7 Å². The van der Waals surface area contributed by atoms with Gasteiger partial charge in [0.25, 0.3) is 5.22 Å². The Balaban J connectivity index is 1.99. The molecule has 0 aliphatic heterocycles. The summed E-state index contributed by atoms with van der Waals surface area (Å²) in [4.78, 5) is 0. The minimum absolute atomic E-state index is 0.502. The Morgan fingerprint density at radius 2 is 2.00 bits per heavy atom. The molecule has 2 rings (SSSR count). The lowest BCUT2D eigenvalue weighted by molar-refractivity contribution is 0.354. The van der Waals surface area contributed by atoms with Gasteiger partial charge in [-0.05, 0) is 17.7 Å². The quantitative estimate of drug-likeness (QED) is 0.781. The smallest absolute Gasteiger partial charge is 0.276 e. The Morgan fingerprint density at radius 3 is 2.70 bits per heavy atom. The van der Waals surface area contributed by atoms with Gasteiger partial charge in [0.1, 0.15) is 0 Å². The molecule has 0 saturated heterocycles. The predicted octanol–water partition coefficient (Wildman–Crippen LogP) is 1.88. The van der Waals surface area contributed by atoms with Crippen molar-refractivity contribution in [3.63, 3.8) is 0 Å². The molecule has 2 aromatic rings. The van der Waals surface area contributed by atoms with Crippen LogP contribution in [-0.4, -0.2) is 31.0 Å². The molecule has 2 N–H and O–H groups in total. The average molecular weight is 295 g/mol. The van der Waals surface area contributed by atoms with Gasteiger partial charge in [-0.3, -0.25) is 0 Å². The summed E-state index contributed by atoms with van der Waals surface area (Å²) in [5, 5.41) is 8.42. The van der Waals surface area contributed by atoms with Gasteiger partial charge in [0.2, 0.25) is 5.89 Å². The van der Waals surface area contributed by atoms with Crippen molar-refractivity contribution in [1.82, 2.24) is 10.2 Å². The van der Waals surface area contributed by atoms with Crippen LogP contribution in [-0.2, 0) is 12.2 Å². The summed E-state index contributed by atoms with van der Waals surface area (Å²) >= 11 is 1.48. The molecule has 0 unspecified atom stereocenters. The minimum atomic E-state index is 0.502. The Morgan fingerprint density at radius 1 is 1.20 bits per heavy atom. The molecule has 0 aliphatic rings. The number of thioether (sulfide) groups is 1. The second-order valence-electron chi connectivity index (χ2n) is 3.98. The standard InChI is InChI=1S/C13H17N3O3S/c1-17-10-4-3-9(7-11(10)18-2)8-20-13-16-15-12(19-13)5-6-14/h3-4,7H,5-6,8,14H2,1-2H3. The molecule has 1 aromatic heterocycles. The van der Waals surface area contributed by atoms with Gasteiger partial charge in [-0.25, -0.2) is 0 Å². The maximum atomic E-state index is 5.45. The zero-order valence-corrected chi connectivity index (χ0v) is 12.3. The molecule has 0 amide bonds. The first-order valence-corrected chi connectivity index (χ1v) is 7.11. The van der Waals surface area contributed by atoms with Crippen molar-refractivity contribution in [3.8, 4) is 11.5 Å². The van der Waals surface area contributed by atoms with Crippen molar-refractivity contribution < 1.29 is 13.9 Å². The molecule has 108 valence electrons. The molecular weight excluding hydrogens is 278 g/mol. The summed E-state index contributed by atoms with van der Waals surface area (Å²) < 4.78 is 15.9. The number of nitrogens with zero attached hydrogens (tertiary/aromatic N) is 2. The van der Waals surface area contributed by atoms with Crippen molar-refractivity contribution in [2.24, 2.45) is 5.73 Å². The van der Waals surface area contributed by atoms with E-state index in [0.29, 0.717) is 41.3 Å². The van der Waals surface area contributed by atoms with E-state index in [2.05, 4.69) is 10.2 Å². The van der Waals surface area contributed by atoms with E-state index in [4.69, 9.17) is 19.6 Å². The van der Waals surface area contributed by atoms with Crippen LogP contribution in [0.2, 0.25) is 0 Å². The van der Waals surface area contributed by atoms with Crippen LogP contribution in [0.1, 0.15) is 11.5 Å². The molecule has 0 saturated carbocycles. The number of ether oxygens (including phenoxy) is 2. The molecule has 0 aliphatic carbocycles. The number of hydrogen-bond acceptors (Lipinski definition) is 7. The first-order chi connectivity index (χ1) is 9.76. The lowest BCUT2D eigenvalue weighted by Crippen LogP contribution is -2.02. The Hall–Kier alpha value is -1.73. The monoisotopic (exact) mass is 295 g/mol. The maximum Gasteiger partial charge on any atom is 0.276 e. The van der Waals surface area contributed by atoms with E-state index in [9.17, 15) is 0 Å². The third kappa shape index (κ3) is 3.64. The molecule has 0 atom stereocenters. The Kier molecular flexibility index (Phi) is 5.25. The Bertz CT molecular complexity index is 560. The van der Waals surface area contributed by atoms with Crippen LogP contribution in [0.4, 0.5) is 0 Å². The van der Waals surface area contributed by atoms with Crippen molar-refractivity contribution in [2.45, 2.75) is 17.4 Å². The number of nitrogens with two attached hydrogens (primary N) is 1. The molecule has 1 heterocycles. The summed E-state index contributed by atoms with van der Waals surface area (Å²) in [5.74, 6) is 2.71. The highest BCUT2D eigenvalue weighted by molar-refractivity contribution is 7.98. The summed E-state index contributed by atoms with van der Waals surface area (Å²) in [6.45, 7) is 0.502. The minimum Gasteiger partial charge on any atom is -0.493 e. The summed E-state index contributed by atoms with van der Waals surface area (Å²) in [6.07, 6.45) is 0.601. The second-order valence-corrected chi connectivity index (χ2v) is 4.90. The van der Waals surface area contributed by atoms with E-state index < -0.39 is 0 Å². The number of benzene rings is 1. The van der Waals surface area contributed by atoms with Gasteiger partial charge in [0, 0.05) is 18.7 Å². The zero-order chi connectivity index (χ0) is 14.4. The van der Waals surface area contributed by atoms with Crippen LogP contribution in [0.5, 0.6) is 11.5 Å². The fraction of sp³-hybridized carbons (Fsp3) is 0.385. The van der Waals surface area contributed by atoms with Gasteiger partial charge in [0.05, 0.1) is 14.2 Å². The lowest BCUT2D eigenvalue weighted by Gasteiger charge is -2.08. The van der Waals surface area contributed by atoms with Crippen LogP contribution in [0.25, 0.3) is 0 Å². The summed E-state index contributed by atoms with van der Waals surface area (Å²) in [5.41, 5.74) is 6.52. The first kappa shape index (κ1) is 14.7. The highest BCUT2D eigenvalue weighted by atomic mass is 32.2. The van der Waals surface area contributed by atoms with E-state index in [0.717, 1.165) is 5.56 Å². The van der Waals surface area contributed by atoms with Gasteiger partial charge in [-0.15, -0.1) is 10.2 Å². The zero-order valence-electron chi connectivity index (χ0n) is 11.5. The molecule has 6 nitrogen and oxygen atoms in total. The van der Waals surface area contributed by atoms with Gasteiger partial charge >= 0.3 is 0 Å². The van der Waals surface area contributed by atoms with Crippen LogP contribution in [0.3, 0.4) is 0 Å². The van der Waals surface area contributed by atoms with E-state index in [1.165, 1.54) is 11.8 Å². The molecule has 20 heavy (non-hydrogen) atoms. The van der Waals surface area contributed by atoms with Crippen LogP contribution in [0.15, 0.2) is 27.8 Å². The van der Waals surface area contributed by atoms with E-state index in [1.54, 1.807) is 14.2 Å². The first-order valence-electron chi connectivity index (χ1n) is 6.13. The van der Waals surface area contributed by atoms with Crippen molar-refractivity contribution in [1.29, 1.82) is 0 Å². The van der Waals surface area contributed by atoms with Gasteiger partial charge in [0.15, 0.2) is 11.5 Å². The fourth-order valence-electron chi connectivity index (χ4n) is 1.64. The molecule has 0 spiro atoms. The molecule has 0 bridgehead atoms. The van der Waals surface area contributed by atoms with Crippen LogP contribution < -0.4 is 15.2 Å². The topological polar surface area (TPSA) is 83.4 Å². The van der Waals surface area contributed by atoms with E-state index in [1.807, 2.05) is 18.2 Å². The predicted molar refractivity (Wildman–Crippen MR) is 76.2 cm³/mol. The maximum absolute atomic E-state index is 5.45. The average Bonchev–Trinajstić information content (AvgIpc) is 2.93. The van der Waals surface area contributed by atoms with E-state index in [-0.39, 0.29) is 0 Å². The normalized spacial score (nSPS) is 10.6. The fourth-order valence-corrected chi connectivity index (χ4v) is 2.36. The highest BCUT2D eigenvalue weighted by Gasteiger charge is 2.08. The molecule has 7 heteroatoms. The largest absolute Gasteiger partial charge is 0.493 e. The summed E-state index contributed by atoms with van der Waals surface area (Å²) in [7, 11) is 3.23. The van der Waals surface area contributed by atoms with Crippen molar-refractivity contribution in [2.75, 3.05) is 20.8 Å². The second kappa shape index (κ2) is 7.16. The molecule has 1 aromatic carbocycles. The number of aromatic nitrogens is 2. The lowest BCUT2D eigenvalue weighted by atomic mass is 10.2. The SMILES string of the molecule is COc1ccc(CSc2nnc(CCN)o2)cc1OC. The molecule has 0 fully saturated rings.